The molecule has 1 N–H and O–H groups in total. The summed E-state index contributed by atoms with van der Waals surface area (Å²) in [6.07, 6.45) is 5.38. The summed E-state index contributed by atoms with van der Waals surface area (Å²) >= 11 is 6.56. The molecule has 29 heavy (non-hydrogen) atoms. The maximum atomic E-state index is 13.2. The summed E-state index contributed by atoms with van der Waals surface area (Å²) in [6.45, 7) is 5.14. The van der Waals surface area contributed by atoms with E-state index in [-0.39, 0.29) is 23.6 Å². The first kappa shape index (κ1) is 20.1. The molecular weight excluding hydrogens is 408 g/mol. The molecule has 152 valence electrons. The molecule has 2 saturated heterocycles. The molecule has 1 unspecified atom stereocenters. The normalized spacial score (nSPS) is 21.1. The van der Waals surface area contributed by atoms with E-state index in [9.17, 15) is 9.59 Å². The average molecular weight is 431 g/mol. The second-order valence-corrected chi connectivity index (χ2v) is 8.95. The quantitative estimate of drug-likeness (QED) is 0.577. The highest BCUT2D eigenvalue weighted by molar-refractivity contribution is 8.26. The minimum atomic E-state index is -0.236. The van der Waals surface area contributed by atoms with Gasteiger partial charge in [-0.05, 0) is 44.9 Å². The Morgan fingerprint density at radius 2 is 2.24 bits per heavy atom. The zero-order valence-electron chi connectivity index (χ0n) is 16.3. The molecule has 2 aromatic heterocycles. The van der Waals surface area contributed by atoms with Crippen LogP contribution < -0.4 is 10.9 Å². The largest absolute Gasteiger partial charge is 0.376 e. The van der Waals surface area contributed by atoms with Crippen molar-refractivity contribution in [2.75, 3.05) is 18.5 Å². The van der Waals surface area contributed by atoms with Crippen molar-refractivity contribution >= 4 is 51.7 Å². The molecular formula is C20H22N4O3S2. The number of pyridine rings is 1. The standard InChI is InChI=1S/C20H22N4O3S2/c1-12(2)24-19(26)15(29-20(24)28)10-14-17(21-11-13-6-5-9-27-13)22-16-7-3-4-8-23(16)18(14)25/h3-4,7-8,10,12-13,21H,5-6,9,11H2,1-2H3/b15-10-. The van der Waals surface area contributed by atoms with Crippen LogP contribution in [0.1, 0.15) is 32.3 Å². The van der Waals surface area contributed by atoms with Crippen LogP contribution >= 0.6 is 24.0 Å². The number of hydrogen-bond donors (Lipinski definition) is 1. The van der Waals surface area contributed by atoms with Crippen LogP contribution in [0.2, 0.25) is 0 Å². The van der Waals surface area contributed by atoms with Gasteiger partial charge in [-0.15, -0.1) is 0 Å². The molecule has 0 radical (unpaired) electrons. The molecule has 2 aliphatic rings. The van der Waals surface area contributed by atoms with Gasteiger partial charge in [0, 0.05) is 25.4 Å². The second kappa shape index (κ2) is 8.25. The minimum absolute atomic E-state index is 0.0404. The molecule has 7 nitrogen and oxygen atoms in total. The van der Waals surface area contributed by atoms with Gasteiger partial charge in [0.1, 0.15) is 15.8 Å². The van der Waals surface area contributed by atoms with Crippen molar-refractivity contribution in [2.45, 2.75) is 38.8 Å². The molecule has 2 fully saturated rings. The van der Waals surface area contributed by atoms with Crippen molar-refractivity contribution < 1.29 is 9.53 Å². The lowest BCUT2D eigenvalue weighted by Gasteiger charge is -2.18. The zero-order valence-corrected chi connectivity index (χ0v) is 17.9. The number of nitrogens with one attached hydrogen (secondary N) is 1. The van der Waals surface area contributed by atoms with Crippen molar-refractivity contribution in [3.63, 3.8) is 0 Å². The number of nitrogens with zero attached hydrogens (tertiary/aromatic N) is 3. The lowest BCUT2D eigenvalue weighted by atomic mass is 10.2. The van der Waals surface area contributed by atoms with Gasteiger partial charge in [0.2, 0.25) is 0 Å². The second-order valence-electron chi connectivity index (χ2n) is 7.27. The first-order valence-corrected chi connectivity index (χ1v) is 10.8. The van der Waals surface area contributed by atoms with Crippen molar-refractivity contribution in [1.29, 1.82) is 0 Å². The van der Waals surface area contributed by atoms with E-state index in [4.69, 9.17) is 17.0 Å². The monoisotopic (exact) mass is 430 g/mol. The van der Waals surface area contributed by atoms with Crippen molar-refractivity contribution in [2.24, 2.45) is 0 Å². The lowest BCUT2D eigenvalue weighted by molar-refractivity contribution is -0.123. The summed E-state index contributed by atoms with van der Waals surface area (Å²) in [4.78, 5) is 32.6. The Balaban J connectivity index is 1.76. The number of hydrogen-bond acceptors (Lipinski definition) is 7. The molecule has 0 aromatic carbocycles. The van der Waals surface area contributed by atoms with Crippen LogP contribution in [0, 0.1) is 0 Å². The Bertz CT molecular complexity index is 1060. The predicted molar refractivity (Wildman–Crippen MR) is 119 cm³/mol. The summed E-state index contributed by atoms with van der Waals surface area (Å²) in [5.74, 6) is 0.268. The molecule has 2 aromatic rings. The van der Waals surface area contributed by atoms with Gasteiger partial charge < -0.3 is 10.1 Å². The Morgan fingerprint density at radius 1 is 1.41 bits per heavy atom. The number of thioether (sulfide) groups is 1. The van der Waals surface area contributed by atoms with Gasteiger partial charge in [-0.2, -0.15) is 0 Å². The van der Waals surface area contributed by atoms with Gasteiger partial charge in [0.15, 0.2) is 0 Å². The van der Waals surface area contributed by atoms with Gasteiger partial charge in [-0.1, -0.05) is 30.0 Å². The van der Waals surface area contributed by atoms with Crippen LogP contribution in [0.3, 0.4) is 0 Å². The number of aromatic nitrogens is 2. The number of amides is 1. The fraction of sp³-hybridized carbons (Fsp3) is 0.400. The molecule has 4 heterocycles. The van der Waals surface area contributed by atoms with Gasteiger partial charge in [0.25, 0.3) is 11.5 Å². The summed E-state index contributed by atoms with van der Waals surface area (Å²) in [5, 5.41) is 3.26. The third kappa shape index (κ3) is 3.94. The van der Waals surface area contributed by atoms with E-state index >= 15 is 0 Å². The summed E-state index contributed by atoms with van der Waals surface area (Å²) in [7, 11) is 0. The highest BCUT2D eigenvalue weighted by atomic mass is 32.2. The maximum absolute atomic E-state index is 13.2. The molecule has 0 aliphatic carbocycles. The Morgan fingerprint density at radius 3 is 2.93 bits per heavy atom. The number of ether oxygens (including phenoxy) is 1. The molecule has 0 spiro atoms. The predicted octanol–water partition coefficient (Wildman–Crippen LogP) is 2.90. The fourth-order valence-corrected chi connectivity index (χ4v) is 4.95. The van der Waals surface area contributed by atoms with Crippen molar-refractivity contribution in [3.8, 4) is 0 Å². The van der Waals surface area contributed by atoms with Crippen LogP contribution in [-0.2, 0) is 9.53 Å². The molecule has 1 amide bonds. The van der Waals surface area contributed by atoms with E-state index in [1.54, 1.807) is 29.3 Å². The molecule has 2 aliphatic heterocycles. The molecule has 0 saturated carbocycles. The molecule has 4 rings (SSSR count). The van der Waals surface area contributed by atoms with Crippen LogP contribution in [0.4, 0.5) is 5.82 Å². The zero-order chi connectivity index (χ0) is 20.5. The Hall–Kier alpha value is -2.23. The molecule has 1 atom stereocenters. The number of carbonyl (C=O) groups is 1. The Labute approximate surface area is 178 Å². The number of fused-ring (bicyclic) bond motifs is 1. The molecule has 9 heteroatoms. The SMILES string of the molecule is CC(C)N1C(=O)/C(=C/c2c(NCC3CCCO3)nc3ccccn3c2=O)SC1=S. The highest BCUT2D eigenvalue weighted by Gasteiger charge is 2.34. The van der Waals surface area contributed by atoms with Crippen LogP contribution in [0.5, 0.6) is 0 Å². The fourth-order valence-electron chi connectivity index (χ4n) is 3.44. The third-order valence-electron chi connectivity index (χ3n) is 4.91. The first-order chi connectivity index (χ1) is 14.0. The smallest absolute Gasteiger partial charge is 0.267 e. The van der Waals surface area contributed by atoms with E-state index in [0.29, 0.717) is 32.8 Å². The van der Waals surface area contributed by atoms with Gasteiger partial charge in [-0.3, -0.25) is 18.9 Å². The van der Waals surface area contributed by atoms with Crippen LogP contribution in [0.25, 0.3) is 11.7 Å². The number of thiocarbonyl (C=S) groups is 1. The number of anilines is 1. The van der Waals surface area contributed by atoms with Crippen molar-refractivity contribution in [1.82, 2.24) is 14.3 Å². The van der Waals surface area contributed by atoms with Gasteiger partial charge in [-0.25, -0.2) is 4.98 Å². The lowest BCUT2D eigenvalue weighted by Crippen LogP contribution is -2.34. The summed E-state index contributed by atoms with van der Waals surface area (Å²) in [6, 6.07) is 5.35. The van der Waals surface area contributed by atoms with E-state index in [2.05, 4.69) is 10.3 Å². The van der Waals surface area contributed by atoms with Gasteiger partial charge in [0.05, 0.1) is 16.6 Å². The van der Waals surface area contributed by atoms with Gasteiger partial charge >= 0.3 is 0 Å². The van der Waals surface area contributed by atoms with E-state index in [0.717, 1.165) is 19.4 Å². The van der Waals surface area contributed by atoms with Crippen LogP contribution in [0.15, 0.2) is 34.1 Å². The number of carbonyl (C=O) groups excluding carboxylic acids is 1. The van der Waals surface area contributed by atoms with E-state index in [1.165, 1.54) is 16.2 Å². The maximum Gasteiger partial charge on any atom is 0.267 e. The summed E-state index contributed by atoms with van der Waals surface area (Å²) in [5.41, 5.74) is 0.649. The third-order valence-corrected chi connectivity index (χ3v) is 6.24. The average Bonchev–Trinajstić information content (AvgIpc) is 3.30. The molecule has 0 bridgehead atoms. The van der Waals surface area contributed by atoms with E-state index in [1.807, 2.05) is 19.9 Å². The summed E-state index contributed by atoms with van der Waals surface area (Å²) < 4.78 is 7.64. The minimum Gasteiger partial charge on any atom is -0.376 e. The number of rotatable bonds is 5. The first-order valence-electron chi connectivity index (χ1n) is 9.59. The Kier molecular flexibility index (Phi) is 5.71. The van der Waals surface area contributed by atoms with E-state index < -0.39 is 0 Å². The topological polar surface area (TPSA) is 75.9 Å². The van der Waals surface area contributed by atoms with Crippen LogP contribution in [-0.4, -0.2) is 49.8 Å². The highest BCUT2D eigenvalue weighted by Crippen LogP contribution is 2.34. The van der Waals surface area contributed by atoms with Crippen molar-refractivity contribution in [3.05, 3.63) is 45.2 Å².